The summed E-state index contributed by atoms with van der Waals surface area (Å²) in [5.41, 5.74) is 3.81. The SMILES string of the molecule is Cc1ccc(Nc2nc(COC(=O)CCCn3c(C)csc3=O)cs2)cc1. The Morgan fingerprint density at radius 3 is 2.67 bits per heavy atom. The maximum atomic E-state index is 11.9. The van der Waals surface area contributed by atoms with Gasteiger partial charge in [0.1, 0.15) is 6.61 Å². The highest BCUT2D eigenvalue weighted by Crippen LogP contribution is 2.21. The molecule has 0 fully saturated rings. The fourth-order valence-corrected chi connectivity index (χ4v) is 3.95. The predicted molar refractivity (Wildman–Crippen MR) is 109 cm³/mol. The van der Waals surface area contributed by atoms with Crippen LogP contribution in [-0.4, -0.2) is 15.5 Å². The van der Waals surface area contributed by atoms with Gasteiger partial charge >= 0.3 is 10.8 Å². The van der Waals surface area contributed by atoms with Crippen LogP contribution in [0.3, 0.4) is 0 Å². The summed E-state index contributed by atoms with van der Waals surface area (Å²) in [6.07, 6.45) is 0.855. The Labute approximate surface area is 165 Å². The number of ether oxygens (including phenoxy) is 1. The number of nitrogens with one attached hydrogen (secondary N) is 1. The number of thiazole rings is 2. The molecule has 0 radical (unpaired) electrons. The van der Waals surface area contributed by atoms with Crippen LogP contribution in [0, 0.1) is 13.8 Å². The molecule has 0 saturated carbocycles. The number of nitrogens with zero attached hydrogens (tertiary/aromatic N) is 2. The molecule has 27 heavy (non-hydrogen) atoms. The Balaban J connectivity index is 1.42. The van der Waals surface area contributed by atoms with Crippen molar-refractivity contribution in [3.63, 3.8) is 0 Å². The monoisotopic (exact) mass is 403 g/mol. The third kappa shape index (κ3) is 5.51. The summed E-state index contributed by atoms with van der Waals surface area (Å²) in [5, 5.41) is 7.69. The number of benzene rings is 1. The van der Waals surface area contributed by atoms with Gasteiger partial charge in [0, 0.05) is 35.1 Å². The van der Waals surface area contributed by atoms with E-state index in [0.29, 0.717) is 18.7 Å². The van der Waals surface area contributed by atoms with Crippen LogP contribution in [0.5, 0.6) is 0 Å². The molecule has 0 spiro atoms. The molecule has 2 heterocycles. The van der Waals surface area contributed by atoms with Gasteiger partial charge < -0.3 is 14.6 Å². The van der Waals surface area contributed by atoms with Crippen LogP contribution in [-0.2, 0) is 22.7 Å². The Kier molecular flexibility index (Phi) is 6.41. The predicted octanol–water partition coefficient (Wildman–Crippen LogP) is 4.25. The largest absolute Gasteiger partial charge is 0.459 e. The molecule has 0 saturated heterocycles. The number of rotatable bonds is 8. The molecule has 0 amide bonds. The molecule has 0 aliphatic rings. The third-order valence-electron chi connectivity index (χ3n) is 3.97. The first-order valence-electron chi connectivity index (χ1n) is 8.60. The van der Waals surface area contributed by atoms with E-state index in [2.05, 4.69) is 10.3 Å². The second kappa shape index (κ2) is 8.96. The van der Waals surface area contributed by atoms with Crippen LogP contribution in [0.25, 0.3) is 0 Å². The van der Waals surface area contributed by atoms with E-state index in [-0.39, 0.29) is 23.9 Å². The molecular formula is C19H21N3O3S2. The van der Waals surface area contributed by atoms with Crippen LogP contribution < -0.4 is 10.2 Å². The lowest BCUT2D eigenvalue weighted by atomic mass is 10.2. The molecule has 0 atom stereocenters. The van der Waals surface area contributed by atoms with Crippen molar-refractivity contribution in [1.82, 2.24) is 9.55 Å². The number of hydrogen-bond acceptors (Lipinski definition) is 7. The summed E-state index contributed by atoms with van der Waals surface area (Å²) in [7, 11) is 0. The maximum Gasteiger partial charge on any atom is 0.307 e. The summed E-state index contributed by atoms with van der Waals surface area (Å²) in [5.74, 6) is -0.281. The van der Waals surface area contributed by atoms with Crippen molar-refractivity contribution in [2.75, 3.05) is 5.32 Å². The van der Waals surface area contributed by atoms with Crippen molar-refractivity contribution >= 4 is 39.5 Å². The van der Waals surface area contributed by atoms with Gasteiger partial charge in [0.15, 0.2) is 5.13 Å². The molecule has 3 rings (SSSR count). The standard InChI is InChI=1S/C19H21N3O3S2/c1-13-5-7-15(8-6-13)20-18-21-16(12-26-18)10-25-17(23)4-3-9-22-14(2)11-27-19(22)24/h5-8,11-12H,3-4,9-10H2,1-2H3,(H,20,21). The minimum Gasteiger partial charge on any atom is -0.459 e. The number of anilines is 2. The van der Waals surface area contributed by atoms with Crippen LogP contribution >= 0.6 is 22.7 Å². The van der Waals surface area contributed by atoms with E-state index in [1.165, 1.54) is 28.2 Å². The Hall–Kier alpha value is -2.45. The number of esters is 1. The van der Waals surface area contributed by atoms with Crippen LogP contribution in [0.4, 0.5) is 10.8 Å². The molecule has 1 aromatic carbocycles. The van der Waals surface area contributed by atoms with E-state index in [4.69, 9.17) is 4.74 Å². The summed E-state index contributed by atoms with van der Waals surface area (Å²) in [4.78, 5) is 28.0. The molecular weight excluding hydrogens is 382 g/mol. The van der Waals surface area contributed by atoms with Crippen molar-refractivity contribution in [1.29, 1.82) is 0 Å². The zero-order valence-corrected chi connectivity index (χ0v) is 16.9. The molecule has 0 aliphatic carbocycles. The lowest BCUT2D eigenvalue weighted by molar-refractivity contribution is -0.145. The van der Waals surface area contributed by atoms with Crippen molar-refractivity contribution < 1.29 is 9.53 Å². The average Bonchev–Trinajstić information content (AvgIpc) is 3.23. The highest BCUT2D eigenvalue weighted by Gasteiger charge is 2.08. The zero-order chi connectivity index (χ0) is 19.2. The third-order valence-corrected chi connectivity index (χ3v) is 5.66. The zero-order valence-electron chi connectivity index (χ0n) is 15.2. The first kappa shape index (κ1) is 19.3. The fraction of sp³-hybridized carbons (Fsp3) is 0.316. The molecule has 8 heteroatoms. The first-order chi connectivity index (χ1) is 13.0. The number of aryl methyl sites for hydroxylation is 2. The average molecular weight is 404 g/mol. The van der Waals surface area contributed by atoms with E-state index in [1.54, 1.807) is 4.57 Å². The van der Waals surface area contributed by atoms with E-state index in [1.807, 2.05) is 48.9 Å². The number of carbonyl (C=O) groups is 1. The van der Waals surface area contributed by atoms with Gasteiger partial charge in [-0.15, -0.1) is 11.3 Å². The normalized spacial score (nSPS) is 10.7. The second-order valence-electron chi connectivity index (χ2n) is 6.19. The summed E-state index contributed by atoms with van der Waals surface area (Å²) >= 11 is 2.65. The molecule has 0 aliphatic heterocycles. The molecule has 3 aromatic rings. The first-order valence-corrected chi connectivity index (χ1v) is 10.4. The van der Waals surface area contributed by atoms with Gasteiger partial charge in [-0.25, -0.2) is 4.98 Å². The maximum absolute atomic E-state index is 11.9. The topological polar surface area (TPSA) is 73.2 Å². The van der Waals surface area contributed by atoms with Crippen molar-refractivity contribution in [2.24, 2.45) is 0 Å². The van der Waals surface area contributed by atoms with Crippen LogP contribution in [0.1, 0.15) is 29.8 Å². The number of hydrogen-bond donors (Lipinski definition) is 1. The van der Waals surface area contributed by atoms with Gasteiger partial charge in [0.2, 0.25) is 0 Å². The summed E-state index contributed by atoms with van der Waals surface area (Å²) in [6, 6.07) is 8.06. The molecule has 2 aromatic heterocycles. The van der Waals surface area contributed by atoms with Gasteiger partial charge in [-0.05, 0) is 32.4 Å². The van der Waals surface area contributed by atoms with Gasteiger partial charge in [0.05, 0.1) is 5.69 Å². The molecule has 1 N–H and O–H groups in total. The Morgan fingerprint density at radius 1 is 1.19 bits per heavy atom. The lowest BCUT2D eigenvalue weighted by Crippen LogP contribution is -2.15. The van der Waals surface area contributed by atoms with E-state index in [9.17, 15) is 9.59 Å². The van der Waals surface area contributed by atoms with Crippen molar-refractivity contribution in [3.05, 3.63) is 61.6 Å². The van der Waals surface area contributed by atoms with Gasteiger partial charge in [-0.1, -0.05) is 29.0 Å². The van der Waals surface area contributed by atoms with E-state index in [0.717, 1.165) is 16.5 Å². The van der Waals surface area contributed by atoms with E-state index < -0.39 is 0 Å². The highest BCUT2D eigenvalue weighted by molar-refractivity contribution is 7.13. The Morgan fingerprint density at radius 2 is 1.96 bits per heavy atom. The lowest BCUT2D eigenvalue weighted by Gasteiger charge is -2.05. The van der Waals surface area contributed by atoms with Gasteiger partial charge in [-0.2, -0.15) is 0 Å². The summed E-state index contributed by atoms with van der Waals surface area (Å²) < 4.78 is 6.96. The summed E-state index contributed by atoms with van der Waals surface area (Å²) in [6.45, 7) is 4.62. The molecule has 0 unspecified atom stereocenters. The van der Waals surface area contributed by atoms with Crippen molar-refractivity contribution in [3.8, 4) is 0 Å². The van der Waals surface area contributed by atoms with Gasteiger partial charge in [0.25, 0.3) is 0 Å². The number of carbonyl (C=O) groups excluding carboxylic acids is 1. The van der Waals surface area contributed by atoms with Crippen LogP contribution in [0.15, 0.2) is 39.8 Å². The highest BCUT2D eigenvalue weighted by atomic mass is 32.1. The molecule has 142 valence electrons. The van der Waals surface area contributed by atoms with Crippen molar-refractivity contribution in [2.45, 2.75) is 39.8 Å². The minimum atomic E-state index is -0.281. The smallest absolute Gasteiger partial charge is 0.307 e. The Bertz CT molecular complexity index is 957. The minimum absolute atomic E-state index is 0.0111. The fourth-order valence-electron chi connectivity index (χ4n) is 2.47. The number of aromatic nitrogens is 2. The quantitative estimate of drug-likeness (QED) is 0.569. The van der Waals surface area contributed by atoms with E-state index >= 15 is 0 Å². The van der Waals surface area contributed by atoms with Gasteiger partial charge in [-0.3, -0.25) is 9.59 Å². The second-order valence-corrected chi connectivity index (χ2v) is 7.87. The van der Waals surface area contributed by atoms with Crippen LogP contribution in [0.2, 0.25) is 0 Å². The molecule has 0 bridgehead atoms. The molecule has 6 nitrogen and oxygen atoms in total.